The first-order valence-corrected chi connectivity index (χ1v) is 8.27. The Morgan fingerprint density at radius 2 is 1.83 bits per heavy atom. The number of pyridine rings is 1. The molecule has 2 aromatic carbocycles. The Balaban J connectivity index is 2.12. The predicted octanol–water partition coefficient (Wildman–Crippen LogP) is 5.88. The third kappa shape index (κ3) is 2.47. The summed E-state index contributed by atoms with van der Waals surface area (Å²) in [5.41, 5.74) is 3.77. The summed E-state index contributed by atoms with van der Waals surface area (Å²) >= 11 is 6.26. The van der Waals surface area contributed by atoms with Crippen molar-refractivity contribution in [2.24, 2.45) is 5.41 Å². The minimum Gasteiger partial charge on any atom is -0.299 e. The number of hydrogen-bond acceptors (Lipinski definition) is 1. The van der Waals surface area contributed by atoms with Crippen LogP contribution in [0.3, 0.4) is 0 Å². The molecular formula is C20H19ClN2. The normalized spacial score (nSPS) is 12.5. The number of benzene rings is 2. The van der Waals surface area contributed by atoms with Crippen molar-refractivity contribution >= 4 is 38.9 Å². The van der Waals surface area contributed by atoms with Crippen LogP contribution in [0.25, 0.3) is 27.3 Å². The van der Waals surface area contributed by atoms with Crippen LogP contribution in [-0.2, 0) is 6.42 Å². The summed E-state index contributed by atoms with van der Waals surface area (Å²) in [6.07, 6.45) is 4.92. The van der Waals surface area contributed by atoms with Gasteiger partial charge in [-0.05, 0) is 53.1 Å². The van der Waals surface area contributed by atoms with Crippen LogP contribution in [0, 0.1) is 5.41 Å². The molecule has 2 heterocycles. The number of aromatic nitrogens is 2. The molecular weight excluding hydrogens is 304 g/mol. The Kier molecular flexibility index (Phi) is 3.14. The van der Waals surface area contributed by atoms with Gasteiger partial charge in [0.05, 0.1) is 5.52 Å². The van der Waals surface area contributed by atoms with Gasteiger partial charge in [0.2, 0.25) is 0 Å². The number of fused-ring (bicyclic) bond motifs is 6. The highest BCUT2D eigenvalue weighted by Gasteiger charge is 2.14. The van der Waals surface area contributed by atoms with Gasteiger partial charge in [0.1, 0.15) is 5.65 Å². The zero-order valence-corrected chi connectivity index (χ0v) is 14.4. The molecule has 0 fully saturated rings. The molecule has 0 spiro atoms. The van der Waals surface area contributed by atoms with Crippen LogP contribution in [0.1, 0.15) is 26.3 Å². The first-order valence-electron chi connectivity index (χ1n) is 7.89. The Morgan fingerprint density at radius 1 is 1.00 bits per heavy atom. The molecule has 0 radical (unpaired) electrons. The number of nitrogens with zero attached hydrogens (tertiary/aromatic N) is 2. The molecule has 0 bridgehead atoms. The van der Waals surface area contributed by atoms with Gasteiger partial charge in [0, 0.05) is 28.2 Å². The summed E-state index contributed by atoms with van der Waals surface area (Å²) < 4.78 is 2.16. The monoisotopic (exact) mass is 322 g/mol. The molecule has 0 aliphatic heterocycles. The quantitative estimate of drug-likeness (QED) is 0.400. The summed E-state index contributed by atoms with van der Waals surface area (Å²) in [5, 5.41) is 4.30. The molecule has 0 saturated carbocycles. The van der Waals surface area contributed by atoms with E-state index in [1.165, 1.54) is 21.9 Å². The van der Waals surface area contributed by atoms with Crippen LogP contribution in [0.15, 0.2) is 48.8 Å². The van der Waals surface area contributed by atoms with Gasteiger partial charge in [-0.1, -0.05) is 38.4 Å². The minimum atomic E-state index is 0.264. The predicted molar refractivity (Wildman–Crippen MR) is 98.4 cm³/mol. The topological polar surface area (TPSA) is 17.3 Å². The van der Waals surface area contributed by atoms with E-state index in [2.05, 4.69) is 60.5 Å². The van der Waals surface area contributed by atoms with Crippen LogP contribution in [-0.4, -0.2) is 9.38 Å². The Hall–Kier alpha value is -2.06. The van der Waals surface area contributed by atoms with Crippen molar-refractivity contribution in [3.05, 3.63) is 59.4 Å². The van der Waals surface area contributed by atoms with E-state index in [-0.39, 0.29) is 5.41 Å². The second-order valence-corrected chi connectivity index (χ2v) is 7.84. The number of hydrogen-bond donors (Lipinski definition) is 0. The zero-order chi connectivity index (χ0) is 16.2. The Labute approximate surface area is 140 Å². The third-order valence-electron chi connectivity index (χ3n) is 4.21. The average molecular weight is 323 g/mol. The lowest BCUT2D eigenvalue weighted by atomic mass is 9.87. The van der Waals surface area contributed by atoms with Crippen LogP contribution < -0.4 is 0 Å². The minimum absolute atomic E-state index is 0.264. The van der Waals surface area contributed by atoms with E-state index in [9.17, 15) is 0 Å². The first kappa shape index (κ1) is 14.5. The number of imidazole rings is 1. The summed E-state index contributed by atoms with van der Waals surface area (Å²) in [7, 11) is 0. The zero-order valence-electron chi connectivity index (χ0n) is 13.6. The van der Waals surface area contributed by atoms with Gasteiger partial charge in [0.25, 0.3) is 0 Å². The largest absolute Gasteiger partial charge is 0.299 e. The molecule has 116 valence electrons. The molecule has 3 heteroatoms. The van der Waals surface area contributed by atoms with E-state index >= 15 is 0 Å². The molecule has 4 aromatic rings. The molecule has 23 heavy (non-hydrogen) atoms. The maximum absolute atomic E-state index is 6.26. The maximum atomic E-state index is 6.26. The first-order chi connectivity index (χ1) is 10.9. The SMILES string of the molecule is CC(C)(C)Cc1ccc2c(c1)c1cc(Cl)ccc1c1nccn21. The average Bonchev–Trinajstić information content (AvgIpc) is 2.95. The molecule has 0 unspecified atom stereocenters. The highest BCUT2D eigenvalue weighted by Crippen LogP contribution is 2.32. The lowest BCUT2D eigenvalue weighted by molar-refractivity contribution is 0.411. The van der Waals surface area contributed by atoms with Gasteiger partial charge < -0.3 is 0 Å². The fraction of sp³-hybridized carbons (Fsp3) is 0.250. The molecule has 2 aromatic heterocycles. The molecule has 0 atom stereocenters. The molecule has 2 nitrogen and oxygen atoms in total. The molecule has 0 aliphatic carbocycles. The smallest absolute Gasteiger partial charge is 0.145 e. The van der Waals surface area contributed by atoms with Crippen molar-refractivity contribution < 1.29 is 0 Å². The summed E-state index contributed by atoms with van der Waals surface area (Å²) in [6, 6.07) is 12.8. The van der Waals surface area contributed by atoms with Crippen molar-refractivity contribution in [1.29, 1.82) is 0 Å². The Morgan fingerprint density at radius 3 is 2.61 bits per heavy atom. The highest BCUT2D eigenvalue weighted by atomic mass is 35.5. The maximum Gasteiger partial charge on any atom is 0.145 e. The van der Waals surface area contributed by atoms with Crippen molar-refractivity contribution in [3.63, 3.8) is 0 Å². The van der Waals surface area contributed by atoms with E-state index in [4.69, 9.17) is 11.6 Å². The second-order valence-electron chi connectivity index (χ2n) is 7.40. The fourth-order valence-electron chi connectivity index (χ4n) is 3.36. The molecule has 0 aliphatic rings. The van der Waals surface area contributed by atoms with E-state index in [1.54, 1.807) is 0 Å². The highest BCUT2D eigenvalue weighted by molar-refractivity contribution is 6.32. The van der Waals surface area contributed by atoms with Gasteiger partial charge >= 0.3 is 0 Å². The lowest BCUT2D eigenvalue weighted by Gasteiger charge is -2.19. The van der Waals surface area contributed by atoms with Gasteiger partial charge in [0.15, 0.2) is 0 Å². The summed E-state index contributed by atoms with van der Waals surface area (Å²) in [6.45, 7) is 6.81. The summed E-state index contributed by atoms with van der Waals surface area (Å²) in [5.74, 6) is 0. The van der Waals surface area contributed by atoms with Crippen molar-refractivity contribution in [2.75, 3.05) is 0 Å². The molecule has 0 amide bonds. The van der Waals surface area contributed by atoms with E-state index < -0.39 is 0 Å². The third-order valence-corrected chi connectivity index (χ3v) is 4.44. The van der Waals surface area contributed by atoms with Gasteiger partial charge in [-0.15, -0.1) is 0 Å². The van der Waals surface area contributed by atoms with Crippen LogP contribution in [0.4, 0.5) is 0 Å². The second kappa shape index (κ2) is 4.97. The Bertz CT molecular complexity index is 1040. The van der Waals surface area contributed by atoms with Crippen molar-refractivity contribution in [2.45, 2.75) is 27.2 Å². The standard InChI is InChI=1S/C20H19ClN2/c1-20(2,3)12-13-4-7-18-17(10-13)16-11-14(21)5-6-15(16)19-22-8-9-23(18)19/h4-11H,12H2,1-3H3. The van der Waals surface area contributed by atoms with E-state index in [0.717, 1.165) is 22.5 Å². The van der Waals surface area contributed by atoms with Crippen LogP contribution in [0.2, 0.25) is 5.02 Å². The van der Waals surface area contributed by atoms with Crippen LogP contribution >= 0.6 is 11.6 Å². The van der Waals surface area contributed by atoms with Crippen molar-refractivity contribution in [1.82, 2.24) is 9.38 Å². The lowest BCUT2D eigenvalue weighted by Crippen LogP contribution is -2.09. The van der Waals surface area contributed by atoms with Gasteiger partial charge in [-0.25, -0.2) is 4.98 Å². The fourth-order valence-corrected chi connectivity index (χ4v) is 3.53. The van der Waals surface area contributed by atoms with Gasteiger partial charge in [-0.2, -0.15) is 0 Å². The van der Waals surface area contributed by atoms with Crippen molar-refractivity contribution in [3.8, 4) is 0 Å². The van der Waals surface area contributed by atoms with Gasteiger partial charge in [-0.3, -0.25) is 4.40 Å². The number of rotatable bonds is 1. The van der Waals surface area contributed by atoms with E-state index in [1.807, 2.05) is 18.5 Å². The van der Waals surface area contributed by atoms with Crippen LogP contribution in [0.5, 0.6) is 0 Å². The number of halogens is 1. The molecule has 4 rings (SSSR count). The molecule has 0 saturated heterocycles. The molecule has 0 N–H and O–H groups in total. The van der Waals surface area contributed by atoms with E-state index in [0.29, 0.717) is 0 Å². The summed E-state index contributed by atoms with van der Waals surface area (Å²) in [4.78, 5) is 4.53.